The van der Waals surface area contributed by atoms with E-state index in [0.717, 1.165) is 28.2 Å². The number of nitrogens with zero attached hydrogens (tertiary/aromatic N) is 1. The molecule has 1 heterocycles. The third kappa shape index (κ3) is 3.78. The van der Waals surface area contributed by atoms with E-state index in [4.69, 9.17) is 0 Å². The molecule has 0 amide bonds. The van der Waals surface area contributed by atoms with Crippen molar-refractivity contribution in [1.29, 1.82) is 0 Å². The molecule has 5 heteroatoms. The first-order chi connectivity index (χ1) is 19.4. The Balaban J connectivity index is 1.41. The Bertz CT molecular complexity index is 2020. The molecule has 1 aromatic heterocycles. The molecule has 0 atom stereocenters. The second-order valence-electron chi connectivity index (χ2n) is 10.8. The van der Waals surface area contributed by atoms with E-state index in [1.807, 2.05) is 30.3 Å². The number of hydrogen-bond donors (Lipinski definition) is 2. The Morgan fingerprint density at radius 2 is 1.20 bits per heavy atom. The lowest BCUT2D eigenvalue weighted by Gasteiger charge is -2.28. The van der Waals surface area contributed by atoms with Gasteiger partial charge >= 0.3 is 5.69 Å². The summed E-state index contributed by atoms with van der Waals surface area (Å²) in [5.74, 6) is 0. The van der Waals surface area contributed by atoms with Gasteiger partial charge in [-0.2, -0.15) is 0 Å². The van der Waals surface area contributed by atoms with Gasteiger partial charge in [-0.15, -0.1) is 0 Å². The number of hydrogen-bond acceptors (Lipinski definition) is 3. The van der Waals surface area contributed by atoms with Crippen LogP contribution in [0.1, 0.15) is 25.0 Å². The normalized spacial score (nSPS) is 13.2. The number of anilines is 3. The molecule has 2 N–H and O–H groups in total. The summed E-state index contributed by atoms with van der Waals surface area (Å²) in [6, 6.07) is 39.5. The lowest BCUT2D eigenvalue weighted by Crippen LogP contribution is -2.22. The van der Waals surface area contributed by atoms with Crippen LogP contribution in [0.15, 0.2) is 125 Å². The molecule has 0 unspecified atom stereocenters. The van der Waals surface area contributed by atoms with Gasteiger partial charge in [-0.1, -0.05) is 86.6 Å². The van der Waals surface area contributed by atoms with Gasteiger partial charge in [-0.25, -0.2) is 4.79 Å². The highest BCUT2D eigenvalue weighted by molar-refractivity contribution is 5.89. The maximum Gasteiger partial charge on any atom is 0.326 e. The Kier molecular flexibility index (Phi) is 5.35. The molecule has 6 aromatic rings. The molecule has 1 aliphatic carbocycles. The third-order valence-electron chi connectivity index (χ3n) is 8.04. The van der Waals surface area contributed by atoms with E-state index in [1.165, 1.54) is 22.3 Å². The molecule has 5 nitrogen and oxygen atoms in total. The van der Waals surface area contributed by atoms with Crippen LogP contribution in [-0.4, -0.2) is 9.97 Å². The molecule has 0 spiro atoms. The minimum absolute atomic E-state index is 0.148. The van der Waals surface area contributed by atoms with Crippen molar-refractivity contribution in [3.63, 3.8) is 0 Å². The molecule has 0 aliphatic heterocycles. The van der Waals surface area contributed by atoms with Gasteiger partial charge in [-0.05, 0) is 75.8 Å². The Morgan fingerprint density at radius 1 is 0.575 bits per heavy atom. The van der Waals surface area contributed by atoms with Crippen LogP contribution in [0, 0.1) is 0 Å². The Hall–Kier alpha value is -5.16. The van der Waals surface area contributed by atoms with E-state index in [1.54, 1.807) is 6.07 Å². The summed E-state index contributed by atoms with van der Waals surface area (Å²) >= 11 is 0. The number of rotatable bonds is 4. The topological polar surface area (TPSA) is 69.0 Å². The van der Waals surface area contributed by atoms with Crippen LogP contribution in [-0.2, 0) is 5.41 Å². The second kappa shape index (κ2) is 8.95. The summed E-state index contributed by atoms with van der Waals surface area (Å²) in [6.07, 6.45) is 0. The average Bonchev–Trinajstić information content (AvgIpc) is 3.20. The molecule has 40 heavy (non-hydrogen) atoms. The highest BCUT2D eigenvalue weighted by Crippen LogP contribution is 2.50. The highest BCUT2D eigenvalue weighted by Gasteiger charge is 2.35. The van der Waals surface area contributed by atoms with E-state index in [-0.39, 0.29) is 5.41 Å². The molecule has 0 bridgehead atoms. The van der Waals surface area contributed by atoms with E-state index >= 15 is 0 Å². The number of aromatic amines is 2. The number of fused-ring (bicyclic) bond motifs is 4. The van der Waals surface area contributed by atoms with Crippen molar-refractivity contribution in [2.45, 2.75) is 19.3 Å². The van der Waals surface area contributed by atoms with Crippen LogP contribution in [0.4, 0.5) is 17.1 Å². The van der Waals surface area contributed by atoms with Crippen LogP contribution < -0.4 is 16.1 Å². The van der Waals surface area contributed by atoms with Gasteiger partial charge in [0.05, 0.1) is 10.9 Å². The summed E-state index contributed by atoms with van der Waals surface area (Å²) in [7, 11) is 0. The van der Waals surface area contributed by atoms with Gasteiger partial charge < -0.3 is 9.88 Å². The first-order valence-corrected chi connectivity index (χ1v) is 13.4. The number of nitrogens with one attached hydrogen (secondary N) is 2. The molecule has 1 aliphatic rings. The van der Waals surface area contributed by atoms with Gasteiger partial charge in [0, 0.05) is 22.5 Å². The lowest BCUT2D eigenvalue weighted by molar-refractivity contribution is 0.660. The smallest absolute Gasteiger partial charge is 0.310 e. The van der Waals surface area contributed by atoms with Crippen LogP contribution in [0.3, 0.4) is 0 Å². The van der Waals surface area contributed by atoms with E-state index in [2.05, 4.69) is 108 Å². The summed E-state index contributed by atoms with van der Waals surface area (Å²) in [5, 5.41) is 0.428. The maximum absolute atomic E-state index is 12.7. The van der Waals surface area contributed by atoms with Crippen molar-refractivity contribution in [2.24, 2.45) is 0 Å². The van der Waals surface area contributed by atoms with Gasteiger partial charge in [-0.3, -0.25) is 9.78 Å². The molecule has 0 saturated carbocycles. The van der Waals surface area contributed by atoms with Crippen molar-refractivity contribution in [1.82, 2.24) is 9.97 Å². The Labute approximate surface area is 231 Å². The Morgan fingerprint density at radius 3 is 2.00 bits per heavy atom. The van der Waals surface area contributed by atoms with Crippen LogP contribution >= 0.6 is 0 Å². The largest absolute Gasteiger partial charge is 0.326 e. The highest BCUT2D eigenvalue weighted by atomic mass is 16.2. The molecule has 7 rings (SSSR count). The molecular formula is C35H27N3O2. The second-order valence-corrected chi connectivity index (χ2v) is 10.8. The third-order valence-corrected chi connectivity index (χ3v) is 8.04. The summed E-state index contributed by atoms with van der Waals surface area (Å²) < 4.78 is 0. The van der Waals surface area contributed by atoms with Crippen LogP contribution in [0.2, 0.25) is 0 Å². The molecular weight excluding hydrogens is 494 g/mol. The molecule has 5 aromatic carbocycles. The number of benzene rings is 5. The van der Waals surface area contributed by atoms with Gasteiger partial charge in [0.1, 0.15) is 0 Å². The van der Waals surface area contributed by atoms with E-state index < -0.39 is 11.2 Å². The standard InChI is InChI=1S/C35H27N3O2/c1-35(2)30-11-7-6-10-27(30)28-18-16-26(21-31(28)35)38(24-14-12-23(13-15-24)22-8-4-3-5-9-22)25-17-19-32-29(20-25)33(39)37-34(40)36-32/h3-21H,1-2H3,(H2,36,37,39,40). The average molecular weight is 522 g/mol. The fourth-order valence-electron chi connectivity index (χ4n) is 6.00. The monoisotopic (exact) mass is 521 g/mol. The predicted molar refractivity (Wildman–Crippen MR) is 163 cm³/mol. The predicted octanol–water partition coefficient (Wildman–Crippen LogP) is 7.66. The molecule has 0 fully saturated rings. The number of H-pyrrole nitrogens is 2. The zero-order chi connectivity index (χ0) is 27.4. The summed E-state index contributed by atoms with van der Waals surface area (Å²) in [6.45, 7) is 4.54. The van der Waals surface area contributed by atoms with Gasteiger partial charge in [0.15, 0.2) is 0 Å². The lowest BCUT2D eigenvalue weighted by atomic mass is 9.82. The first-order valence-electron chi connectivity index (χ1n) is 13.4. The number of aromatic nitrogens is 2. The fourth-order valence-corrected chi connectivity index (χ4v) is 6.00. The first kappa shape index (κ1) is 23.9. The van der Waals surface area contributed by atoms with Gasteiger partial charge in [0.2, 0.25) is 0 Å². The van der Waals surface area contributed by atoms with Crippen LogP contribution in [0.25, 0.3) is 33.2 Å². The summed E-state index contributed by atoms with van der Waals surface area (Å²) in [4.78, 5) is 31.8. The van der Waals surface area contributed by atoms with Crippen molar-refractivity contribution in [3.8, 4) is 22.3 Å². The van der Waals surface area contributed by atoms with Crippen LogP contribution in [0.5, 0.6) is 0 Å². The zero-order valence-corrected chi connectivity index (χ0v) is 22.2. The SMILES string of the molecule is CC1(C)c2ccccc2-c2ccc(N(c3ccc(-c4ccccc4)cc3)c3ccc4[nH]c(=O)[nH]c(=O)c4c3)cc21. The summed E-state index contributed by atoms with van der Waals surface area (Å²) in [5.41, 5.74) is 9.59. The molecule has 0 radical (unpaired) electrons. The zero-order valence-electron chi connectivity index (χ0n) is 22.2. The molecule has 0 saturated heterocycles. The quantitative estimate of drug-likeness (QED) is 0.250. The van der Waals surface area contributed by atoms with Crippen molar-refractivity contribution in [3.05, 3.63) is 147 Å². The maximum atomic E-state index is 12.7. The van der Waals surface area contributed by atoms with Crippen molar-refractivity contribution < 1.29 is 0 Å². The minimum Gasteiger partial charge on any atom is -0.310 e. The van der Waals surface area contributed by atoms with Crippen molar-refractivity contribution in [2.75, 3.05) is 4.90 Å². The fraction of sp³-hybridized carbons (Fsp3) is 0.0857. The van der Waals surface area contributed by atoms with Gasteiger partial charge in [0.25, 0.3) is 5.56 Å². The van der Waals surface area contributed by atoms with Crippen molar-refractivity contribution >= 4 is 28.0 Å². The van der Waals surface area contributed by atoms with E-state index in [9.17, 15) is 9.59 Å². The van der Waals surface area contributed by atoms with E-state index in [0.29, 0.717) is 10.9 Å². The molecule has 194 valence electrons. The minimum atomic E-state index is -0.515.